The number of aromatic amines is 1. The summed E-state index contributed by atoms with van der Waals surface area (Å²) in [5, 5.41) is 16.6. The van der Waals surface area contributed by atoms with Crippen molar-refractivity contribution in [3.63, 3.8) is 0 Å². The number of carbonyl (C=O) groups is 1. The second-order valence-electron chi connectivity index (χ2n) is 4.38. The van der Waals surface area contributed by atoms with E-state index in [-0.39, 0.29) is 23.5 Å². The van der Waals surface area contributed by atoms with Gasteiger partial charge in [-0.05, 0) is 30.4 Å². The van der Waals surface area contributed by atoms with Crippen LogP contribution in [0.3, 0.4) is 0 Å². The molecule has 0 bridgehead atoms. The summed E-state index contributed by atoms with van der Waals surface area (Å²) in [7, 11) is 0. The van der Waals surface area contributed by atoms with Crippen LogP contribution in [-0.4, -0.2) is 34.9 Å². The van der Waals surface area contributed by atoms with Crippen LogP contribution in [0, 0.1) is 10.1 Å². The molecular weight excluding hydrogens is 236 g/mol. The van der Waals surface area contributed by atoms with Crippen molar-refractivity contribution in [3.05, 3.63) is 27.9 Å². The minimum Gasteiger partial charge on any atom is -0.358 e. The quantitative estimate of drug-likeness (QED) is 0.547. The van der Waals surface area contributed by atoms with Crippen LogP contribution >= 0.6 is 0 Å². The molecule has 7 nitrogen and oxygen atoms in total. The Morgan fingerprint density at radius 2 is 2.28 bits per heavy atom. The van der Waals surface area contributed by atoms with E-state index in [4.69, 9.17) is 0 Å². The number of hydrogen-bond acceptors (Lipinski definition) is 4. The third kappa shape index (κ3) is 3.07. The van der Waals surface area contributed by atoms with Crippen molar-refractivity contribution >= 4 is 11.7 Å². The van der Waals surface area contributed by atoms with E-state index in [9.17, 15) is 14.9 Å². The van der Waals surface area contributed by atoms with Crippen molar-refractivity contribution in [2.75, 3.05) is 13.1 Å². The number of aromatic nitrogens is 1. The molecule has 1 aliphatic heterocycles. The number of nitrogens with one attached hydrogen (secondary N) is 3. The third-order valence-electron chi connectivity index (χ3n) is 2.99. The topological polar surface area (TPSA) is 100 Å². The van der Waals surface area contributed by atoms with Gasteiger partial charge in [0.1, 0.15) is 0 Å². The predicted octanol–water partition coefficient (Wildman–Crippen LogP) is 0.795. The summed E-state index contributed by atoms with van der Waals surface area (Å²) in [5.74, 6) is -0.462. The molecular formula is C11H16N4O3. The average molecular weight is 252 g/mol. The maximum absolute atomic E-state index is 11.9. The first kappa shape index (κ1) is 12.6. The maximum atomic E-state index is 11.9. The lowest BCUT2D eigenvalue weighted by Crippen LogP contribution is -2.40. The van der Waals surface area contributed by atoms with Crippen LogP contribution in [0.25, 0.3) is 0 Å². The van der Waals surface area contributed by atoms with E-state index in [2.05, 4.69) is 15.6 Å². The molecule has 0 aromatic carbocycles. The van der Waals surface area contributed by atoms with Gasteiger partial charge in [0.15, 0.2) is 5.69 Å². The zero-order chi connectivity index (χ0) is 13.0. The fourth-order valence-corrected chi connectivity index (χ4v) is 2.03. The Morgan fingerprint density at radius 1 is 1.44 bits per heavy atom. The molecule has 1 aromatic heterocycles. The Bertz CT molecular complexity index is 435. The Balaban J connectivity index is 1.95. The fourth-order valence-electron chi connectivity index (χ4n) is 2.03. The summed E-state index contributed by atoms with van der Waals surface area (Å²) in [6, 6.07) is 2.81. The monoisotopic (exact) mass is 252 g/mol. The summed E-state index contributed by atoms with van der Waals surface area (Å²) < 4.78 is 0. The number of carbonyl (C=O) groups excluding carboxylic acids is 1. The van der Waals surface area contributed by atoms with Gasteiger partial charge in [0.25, 0.3) is 5.91 Å². The summed E-state index contributed by atoms with van der Waals surface area (Å²) in [4.78, 5) is 24.3. The molecule has 1 saturated heterocycles. The van der Waals surface area contributed by atoms with E-state index in [0.717, 1.165) is 32.4 Å². The van der Waals surface area contributed by atoms with E-state index < -0.39 is 4.92 Å². The van der Waals surface area contributed by atoms with Crippen LogP contribution in [-0.2, 0) is 0 Å². The molecule has 1 aliphatic rings. The minimum atomic E-state index is -0.552. The van der Waals surface area contributed by atoms with Crippen LogP contribution in [0.2, 0.25) is 0 Å². The standard InChI is InChI=1S/C11H16N4O3/c16-11(9-4-5-10(14-9)15(17)18)13-8-3-1-2-6-12-7-8/h4-5,8,12,14H,1-3,6-7H2,(H,13,16). The lowest BCUT2D eigenvalue weighted by molar-refractivity contribution is -0.389. The van der Waals surface area contributed by atoms with Crippen molar-refractivity contribution in [3.8, 4) is 0 Å². The molecule has 1 fully saturated rings. The molecule has 1 amide bonds. The lowest BCUT2D eigenvalue weighted by atomic mass is 10.1. The van der Waals surface area contributed by atoms with E-state index in [1.165, 1.54) is 12.1 Å². The molecule has 7 heteroatoms. The van der Waals surface area contributed by atoms with Crippen LogP contribution in [0.1, 0.15) is 29.8 Å². The van der Waals surface area contributed by atoms with Crippen LogP contribution in [0.5, 0.6) is 0 Å². The van der Waals surface area contributed by atoms with E-state index in [1.807, 2.05) is 0 Å². The zero-order valence-corrected chi connectivity index (χ0v) is 9.94. The molecule has 1 unspecified atom stereocenters. The van der Waals surface area contributed by atoms with E-state index in [0.29, 0.717) is 0 Å². The summed E-state index contributed by atoms with van der Waals surface area (Å²) in [5.41, 5.74) is 0.228. The van der Waals surface area contributed by atoms with Crippen molar-refractivity contribution < 1.29 is 9.72 Å². The van der Waals surface area contributed by atoms with Gasteiger partial charge in [-0.3, -0.25) is 4.79 Å². The van der Waals surface area contributed by atoms with Crippen molar-refractivity contribution in [2.45, 2.75) is 25.3 Å². The number of nitro groups is 1. The second kappa shape index (κ2) is 5.63. The number of amides is 1. The minimum absolute atomic E-state index is 0.0855. The van der Waals surface area contributed by atoms with Gasteiger partial charge in [-0.1, -0.05) is 6.42 Å². The molecule has 18 heavy (non-hydrogen) atoms. The Hall–Kier alpha value is -1.89. The van der Waals surface area contributed by atoms with Gasteiger partial charge < -0.3 is 20.7 Å². The summed E-state index contributed by atoms with van der Waals surface area (Å²) in [6.07, 6.45) is 3.12. The smallest absolute Gasteiger partial charge is 0.321 e. The van der Waals surface area contributed by atoms with Crippen LogP contribution in [0.4, 0.5) is 5.82 Å². The number of hydrogen-bond donors (Lipinski definition) is 3. The average Bonchev–Trinajstić information content (AvgIpc) is 2.70. The normalized spacial score (nSPS) is 20.1. The Kier molecular flexibility index (Phi) is 3.93. The van der Waals surface area contributed by atoms with Gasteiger partial charge in [-0.15, -0.1) is 0 Å². The molecule has 2 heterocycles. The molecule has 0 aliphatic carbocycles. The molecule has 0 radical (unpaired) electrons. The first-order chi connectivity index (χ1) is 8.66. The van der Waals surface area contributed by atoms with E-state index in [1.54, 1.807) is 0 Å². The second-order valence-corrected chi connectivity index (χ2v) is 4.38. The predicted molar refractivity (Wildman–Crippen MR) is 65.4 cm³/mol. The molecule has 0 saturated carbocycles. The molecule has 1 aromatic rings. The molecule has 2 rings (SSSR count). The first-order valence-electron chi connectivity index (χ1n) is 6.02. The van der Waals surface area contributed by atoms with E-state index >= 15 is 0 Å². The van der Waals surface area contributed by atoms with Gasteiger partial charge in [-0.25, -0.2) is 4.98 Å². The summed E-state index contributed by atoms with van der Waals surface area (Å²) >= 11 is 0. The highest BCUT2D eigenvalue weighted by Gasteiger charge is 2.19. The van der Waals surface area contributed by atoms with Crippen LogP contribution < -0.4 is 10.6 Å². The highest BCUT2D eigenvalue weighted by Crippen LogP contribution is 2.11. The third-order valence-corrected chi connectivity index (χ3v) is 2.99. The first-order valence-corrected chi connectivity index (χ1v) is 6.02. The Labute approximate surface area is 104 Å². The highest BCUT2D eigenvalue weighted by atomic mass is 16.6. The van der Waals surface area contributed by atoms with Crippen molar-refractivity contribution in [2.24, 2.45) is 0 Å². The van der Waals surface area contributed by atoms with Gasteiger partial charge in [0, 0.05) is 18.7 Å². The highest BCUT2D eigenvalue weighted by molar-refractivity contribution is 5.93. The Morgan fingerprint density at radius 3 is 3.00 bits per heavy atom. The largest absolute Gasteiger partial charge is 0.358 e. The summed E-state index contributed by atoms with van der Waals surface area (Å²) in [6.45, 7) is 1.72. The van der Waals surface area contributed by atoms with Crippen molar-refractivity contribution in [1.82, 2.24) is 15.6 Å². The fraction of sp³-hybridized carbons (Fsp3) is 0.545. The number of rotatable bonds is 3. The van der Waals surface area contributed by atoms with Gasteiger partial charge in [0.05, 0.1) is 0 Å². The molecule has 3 N–H and O–H groups in total. The number of nitrogens with zero attached hydrogens (tertiary/aromatic N) is 1. The maximum Gasteiger partial charge on any atom is 0.321 e. The van der Waals surface area contributed by atoms with Gasteiger partial charge >= 0.3 is 5.82 Å². The number of H-pyrrole nitrogens is 1. The molecule has 1 atom stereocenters. The zero-order valence-electron chi connectivity index (χ0n) is 9.94. The molecule has 0 spiro atoms. The van der Waals surface area contributed by atoms with Crippen molar-refractivity contribution in [1.29, 1.82) is 0 Å². The van der Waals surface area contributed by atoms with Gasteiger partial charge in [0.2, 0.25) is 0 Å². The van der Waals surface area contributed by atoms with Crippen LogP contribution in [0.15, 0.2) is 12.1 Å². The van der Waals surface area contributed by atoms with Gasteiger partial charge in [-0.2, -0.15) is 0 Å². The molecule has 98 valence electrons. The SMILES string of the molecule is O=C(NC1CCCCNC1)c1ccc([N+](=O)[O-])[nH]1. The lowest BCUT2D eigenvalue weighted by Gasteiger charge is -2.14.